The van der Waals surface area contributed by atoms with E-state index in [9.17, 15) is 9.90 Å². The van der Waals surface area contributed by atoms with E-state index in [4.69, 9.17) is 0 Å². The zero-order valence-electron chi connectivity index (χ0n) is 13.3. The number of hydrogen-bond donors (Lipinski definition) is 2. The summed E-state index contributed by atoms with van der Waals surface area (Å²) in [6.45, 7) is 1.63. The monoisotopic (exact) mass is 322 g/mol. The molecule has 1 atom stereocenters. The van der Waals surface area contributed by atoms with Crippen molar-refractivity contribution < 1.29 is 9.90 Å². The second-order valence-electron chi connectivity index (χ2n) is 5.73. The zero-order valence-corrected chi connectivity index (χ0v) is 13.3. The molecule has 0 fully saturated rings. The number of nitrogens with zero attached hydrogens (tertiary/aromatic N) is 3. The molecule has 1 amide bonds. The van der Waals surface area contributed by atoms with Crippen LogP contribution in [0.15, 0.2) is 67.0 Å². The summed E-state index contributed by atoms with van der Waals surface area (Å²) < 4.78 is 0. The first-order valence-electron chi connectivity index (χ1n) is 7.59. The molecule has 1 unspecified atom stereocenters. The molecule has 24 heavy (non-hydrogen) atoms. The standard InChI is InChI=1S/C18H18N4O2/c1-18(24,14-5-3-2-4-6-14)13-17(23)21-15-7-9-16(10-8-15)22-19-11-12-20-22/h2-12,24H,13H2,1H3,(H,21,23). The fourth-order valence-electron chi connectivity index (χ4n) is 2.44. The normalized spacial score (nSPS) is 13.2. The number of anilines is 1. The van der Waals surface area contributed by atoms with Crippen LogP contribution in [0.4, 0.5) is 5.69 Å². The number of hydrogen-bond acceptors (Lipinski definition) is 4. The molecule has 0 spiro atoms. The van der Waals surface area contributed by atoms with Crippen LogP contribution in [-0.2, 0) is 10.4 Å². The summed E-state index contributed by atoms with van der Waals surface area (Å²) >= 11 is 0. The Labute approximate surface area is 139 Å². The minimum atomic E-state index is -1.22. The van der Waals surface area contributed by atoms with Crippen molar-refractivity contribution in [2.75, 3.05) is 5.32 Å². The molecule has 122 valence electrons. The van der Waals surface area contributed by atoms with Gasteiger partial charge in [0.05, 0.1) is 30.1 Å². The Morgan fingerprint density at radius 1 is 1.08 bits per heavy atom. The van der Waals surface area contributed by atoms with Gasteiger partial charge in [0.25, 0.3) is 0 Å². The molecule has 0 saturated heterocycles. The Morgan fingerprint density at radius 3 is 2.33 bits per heavy atom. The van der Waals surface area contributed by atoms with Crippen molar-refractivity contribution >= 4 is 11.6 Å². The van der Waals surface area contributed by atoms with Crippen LogP contribution >= 0.6 is 0 Å². The minimum Gasteiger partial charge on any atom is -0.385 e. The molecule has 2 aromatic carbocycles. The molecule has 0 saturated carbocycles. The summed E-state index contributed by atoms with van der Waals surface area (Å²) in [4.78, 5) is 13.7. The van der Waals surface area contributed by atoms with Gasteiger partial charge in [0.15, 0.2) is 0 Å². The maximum absolute atomic E-state index is 12.2. The second kappa shape index (κ2) is 6.64. The quantitative estimate of drug-likeness (QED) is 0.756. The van der Waals surface area contributed by atoms with E-state index in [0.29, 0.717) is 11.3 Å². The van der Waals surface area contributed by atoms with Crippen LogP contribution in [0.25, 0.3) is 5.69 Å². The highest BCUT2D eigenvalue weighted by molar-refractivity contribution is 5.91. The molecule has 1 heterocycles. The average molecular weight is 322 g/mol. The summed E-state index contributed by atoms with van der Waals surface area (Å²) in [5.41, 5.74) is 0.943. The van der Waals surface area contributed by atoms with Gasteiger partial charge in [-0.05, 0) is 36.8 Å². The van der Waals surface area contributed by atoms with Gasteiger partial charge in [-0.3, -0.25) is 4.79 Å². The lowest BCUT2D eigenvalue weighted by atomic mass is 9.92. The molecular weight excluding hydrogens is 304 g/mol. The molecule has 0 aliphatic rings. The molecule has 6 heteroatoms. The minimum absolute atomic E-state index is 0.0283. The predicted molar refractivity (Wildman–Crippen MR) is 90.6 cm³/mol. The highest BCUT2D eigenvalue weighted by Gasteiger charge is 2.26. The van der Waals surface area contributed by atoms with Crippen molar-refractivity contribution in [3.05, 3.63) is 72.6 Å². The van der Waals surface area contributed by atoms with Gasteiger partial charge in [0.2, 0.25) is 5.91 Å². The van der Waals surface area contributed by atoms with Gasteiger partial charge in [-0.1, -0.05) is 30.3 Å². The highest BCUT2D eigenvalue weighted by Crippen LogP contribution is 2.24. The second-order valence-corrected chi connectivity index (χ2v) is 5.73. The van der Waals surface area contributed by atoms with Gasteiger partial charge in [-0.15, -0.1) is 0 Å². The molecule has 0 aliphatic heterocycles. The number of carbonyl (C=O) groups excluding carboxylic acids is 1. The van der Waals surface area contributed by atoms with Crippen LogP contribution in [0.1, 0.15) is 18.9 Å². The summed E-state index contributed by atoms with van der Waals surface area (Å²) in [5, 5.41) is 21.4. The van der Waals surface area contributed by atoms with Gasteiger partial charge < -0.3 is 10.4 Å². The van der Waals surface area contributed by atoms with Crippen LogP contribution in [0.2, 0.25) is 0 Å². The predicted octanol–water partition coefficient (Wildman–Crippen LogP) is 2.50. The first kappa shape index (κ1) is 15.9. The van der Waals surface area contributed by atoms with E-state index in [1.807, 2.05) is 30.3 Å². The highest BCUT2D eigenvalue weighted by atomic mass is 16.3. The molecule has 3 aromatic rings. The molecule has 0 radical (unpaired) electrons. The number of amides is 1. The number of rotatable bonds is 5. The molecule has 0 aliphatic carbocycles. The summed E-state index contributed by atoms with van der Waals surface area (Å²) in [6.07, 6.45) is 3.17. The molecule has 2 N–H and O–H groups in total. The summed E-state index contributed by atoms with van der Waals surface area (Å²) in [6, 6.07) is 16.3. The van der Waals surface area contributed by atoms with Crippen molar-refractivity contribution in [1.29, 1.82) is 0 Å². The average Bonchev–Trinajstić information content (AvgIpc) is 3.10. The van der Waals surface area contributed by atoms with Crippen molar-refractivity contribution in [1.82, 2.24) is 15.0 Å². The summed E-state index contributed by atoms with van der Waals surface area (Å²) in [5.74, 6) is -0.256. The van der Waals surface area contributed by atoms with Gasteiger partial charge in [-0.25, -0.2) is 0 Å². The molecule has 3 rings (SSSR count). The van der Waals surface area contributed by atoms with E-state index < -0.39 is 5.60 Å². The maximum atomic E-state index is 12.2. The van der Waals surface area contributed by atoms with Gasteiger partial charge in [-0.2, -0.15) is 15.0 Å². The largest absolute Gasteiger partial charge is 0.385 e. The number of carbonyl (C=O) groups is 1. The third-order valence-electron chi connectivity index (χ3n) is 3.70. The van der Waals surface area contributed by atoms with Crippen LogP contribution in [0, 0.1) is 0 Å². The molecule has 0 bridgehead atoms. The van der Waals surface area contributed by atoms with Gasteiger partial charge >= 0.3 is 0 Å². The third-order valence-corrected chi connectivity index (χ3v) is 3.70. The van der Waals surface area contributed by atoms with Gasteiger partial charge in [0, 0.05) is 5.69 Å². The van der Waals surface area contributed by atoms with Crippen molar-refractivity contribution in [3.8, 4) is 5.69 Å². The topological polar surface area (TPSA) is 80.0 Å². The molecule has 6 nitrogen and oxygen atoms in total. The number of aliphatic hydroxyl groups is 1. The van der Waals surface area contributed by atoms with Crippen LogP contribution in [0.5, 0.6) is 0 Å². The fraction of sp³-hybridized carbons (Fsp3) is 0.167. The van der Waals surface area contributed by atoms with E-state index in [1.54, 1.807) is 43.6 Å². The van der Waals surface area contributed by atoms with Crippen LogP contribution in [-0.4, -0.2) is 26.0 Å². The number of nitrogens with one attached hydrogen (secondary N) is 1. The SMILES string of the molecule is CC(O)(CC(=O)Nc1ccc(-n2nccn2)cc1)c1ccccc1. The zero-order chi connectivity index (χ0) is 17.0. The van der Waals surface area contributed by atoms with Crippen LogP contribution in [0.3, 0.4) is 0 Å². The van der Waals surface area contributed by atoms with Crippen molar-refractivity contribution in [2.45, 2.75) is 18.9 Å². The van der Waals surface area contributed by atoms with Gasteiger partial charge in [0.1, 0.15) is 0 Å². The lowest BCUT2D eigenvalue weighted by Gasteiger charge is -2.23. The first-order chi connectivity index (χ1) is 11.5. The Kier molecular flexibility index (Phi) is 4.39. The fourth-order valence-corrected chi connectivity index (χ4v) is 2.44. The van der Waals surface area contributed by atoms with Crippen molar-refractivity contribution in [3.63, 3.8) is 0 Å². The lowest BCUT2D eigenvalue weighted by Crippen LogP contribution is -2.28. The van der Waals surface area contributed by atoms with E-state index in [0.717, 1.165) is 5.69 Å². The molecule has 1 aromatic heterocycles. The number of benzene rings is 2. The van der Waals surface area contributed by atoms with Crippen molar-refractivity contribution in [2.24, 2.45) is 0 Å². The van der Waals surface area contributed by atoms with Crippen LogP contribution < -0.4 is 5.32 Å². The van der Waals surface area contributed by atoms with E-state index in [1.165, 1.54) is 4.80 Å². The third kappa shape index (κ3) is 3.67. The number of aromatic nitrogens is 3. The Morgan fingerprint density at radius 2 is 1.71 bits per heavy atom. The Bertz CT molecular complexity index is 797. The first-order valence-corrected chi connectivity index (χ1v) is 7.59. The Balaban J connectivity index is 1.64. The van der Waals surface area contributed by atoms with E-state index in [-0.39, 0.29) is 12.3 Å². The molecular formula is C18H18N4O2. The smallest absolute Gasteiger partial charge is 0.227 e. The summed E-state index contributed by atoms with van der Waals surface area (Å²) in [7, 11) is 0. The Hall–Kier alpha value is -2.99. The maximum Gasteiger partial charge on any atom is 0.227 e. The van der Waals surface area contributed by atoms with E-state index >= 15 is 0 Å². The van der Waals surface area contributed by atoms with E-state index in [2.05, 4.69) is 15.5 Å². The lowest BCUT2D eigenvalue weighted by molar-refractivity contribution is -0.120.